The van der Waals surface area contributed by atoms with Gasteiger partial charge in [-0.2, -0.15) is 0 Å². The predicted molar refractivity (Wildman–Crippen MR) is 19.5 cm³/mol. The van der Waals surface area contributed by atoms with Gasteiger partial charge in [-0.15, -0.1) is 6.04 Å². The Hall–Kier alpha value is 0.544. The van der Waals surface area contributed by atoms with E-state index in [0.717, 1.165) is 0 Å². The number of hydrogen-bond acceptors (Lipinski definition) is 0. The van der Waals surface area contributed by atoms with Gasteiger partial charge in [0.25, 0.3) is 0 Å². The van der Waals surface area contributed by atoms with Gasteiger partial charge in [-0.25, -0.2) is 0 Å². The van der Waals surface area contributed by atoms with Gasteiger partial charge >= 0.3 is 0 Å². The van der Waals surface area contributed by atoms with E-state index in [0.29, 0.717) is 0 Å². The van der Waals surface area contributed by atoms with Crippen LogP contribution in [0, 0.1) is 0 Å². The number of rotatable bonds is 0. The molecule has 0 fully saturated rings. The van der Waals surface area contributed by atoms with E-state index in [-0.39, 0.29) is 24.6 Å². The zero-order chi connectivity index (χ0) is 3.58. The van der Waals surface area contributed by atoms with Gasteiger partial charge in [-0.3, -0.25) is 0 Å². The average molecular weight is 109 g/mol. The fourth-order valence-corrected chi connectivity index (χ4v) is 0. The zero-order valence-electron chi connectivity index (χ0n) is 3.52. The van der Waals surface area contributed by atoms with Crippen molar-refractivity contribution in [2.24, 2.45) is 0 Å². The third-order valence-corrected chi connectivity index (χ3v) is 0. The number of nitrogens with one attached hydrogen (secondary N) is 1. The smallest absolute Gasteiger partial charge is 0 e. The van der Waals surface area contributed by atoms with Gasteiger partial charge in [-0.05, 0) is 0 Å². The van der Waals surface area contributed by atoms with Crippen LogP contribution in [-0.4, -0.2) is 6.04 Å². The molecule has 0 aromatic rings. The van der Waals surface area contributed by atoms with Crippen LogP contribution in [0.1, 0.15) is 13.8 Å². The summed E-state index contributed by atoms with van der Waals surface area (Å²) in [4.78, 5) is 0. The topological polar surface area (TPSA) is 23.8 Å². The second-order valence-electron chi connectivity index (χ2n) is 1.15. The van der Waals surface area contributed by atoms with Crippen LogP contribution < -0.4 is 0 Å². The summed E-state index contributed by atoms with van der Waals surface area (Å²) in [5, 5.41) is 0. The molecular weight excluding hydrogens is 101 g/mol. The maximum atomic E-state index is 6.58. The first kappa shape index (κ1) is 9.11. The van der Waals surface area contributed by atoms with Crippen molar-refractivity contribution in [2.75, 3.05) is 0 Å². The Balaban J connectivity index is 0. The monoisotopic (exact) mass is 109 g/mol. The first-order chi connectivity index (χ1) is 1.73. The fourth-order valence-electron chi connectivity index (χ4n) is 0. The van der Waals surface area contributed by atoms with Crippen molar-refractivity contribution in [3.63, 3.8) is 0 Å². The molecule has 1 N–H and O–H groups in total. The fraction of sp³-hybridized carbons (Fsp3) is 1.00. The molecule has 2 heteroatoms. The second kappa shape index (κ2) is 4.54. The Kier molecular flexibility index (Phi) is 8.28. The van der Waals surface area contributed by atoms with Crippen LogP contribution >= 0.6 is 0 Å². The first-order valence-corrected chi connectivity index (χ1v) is 1.44. The first-order valence-electron chi connectivity index (χ1n) is 1.44. The molecule has 0 aliphatic carbocycles. The quantitative estimate of drug-likeness (QED) is 0.449. The molecule has 0 aliphatic heterocycles. The van der Waals surface area contributed by atoms with Crippen LogP contribution in [0.5, 0.6) is 0 Å². The SMILES string of the molecule is CC(C)[NH-].[V]. The molecule has 0 saturated carbocycles. The van der Waals surface area contributed by atoms with E-state index in [9.17, 15) is 0 Å². The molecular formula is C3H8NV-. The molecule has 0 atom stereocenters. The minimum absolute atomic E-state index is 0. The molecule has 0 aromatic heterocycles. The summed E-state index contributed by atoms with van der Waals surface area (Å²) >= 11 is 0. The van der Waals surface area contributed by atoms with Gasteiger partial charge < -0.3 is 5.73 Å². The largest absolute Gasteiger partial charge is 0.675 e. The summed E-state index contributed by atoms with van der Waals surface area (Å²) in [6.45, 7) is 3.67. The summed E-state index contributed by atoms with van der Waals surface area (Å²) in [5.41, 5.74) is 6.58. The van der Waals surface area contributed by atoms with Gasteiger partial charge in [-0.1, -0.05) is 13.8 Å². The van der Waals surface area contributed by atoms with Gasteiger partial charge in [0.05, 0.1) is 0 Å². The molecule has 0 aromatic carbocycles. The van der Waals surface area contributed by atoms with E-state index >= 15 is 0 Å². The Morgan fingerprint density at radius 2 is 1.40 bits per heavy atom. The van der Waals surface area contributed by atoms with Gasteiger partial charge in [0.2, 0.25) is 0 Å². The molecule has 0 spiro atoms. The van der Waals surface area contributed by atoms with Crippen molar-refractivity contribution < 1.29 is 18.6 Å². The van der Waals surface area contributed by atoms with Crippen LogP contribution in [0.15, 0.2) is 0 Å². The Bertz CT molecular complexity index is 11.6. The summed E-state index contributed by atoms with van der Waals surface area (Å²) in [6, 6.07) is 0.0833. The van der Waals surface area contributed by atoms with Crippen molar-refractivity contribution >= 4 is 0 Å². The molecule has 1 nitrogen and oxygen atoms in total. The summed E-state index contributed by atoms with van der Waals surface area (Å²) in [6.07, 6.45) is 0. The van der Waals surface area contributed by atoms with Crippen molar-refractivity contribution in [1.29, 1.82) is 0 Å². The van der Waals surface area contributed by atoms with Crippen LogP contribution in [0.4, 0.5) is 0 Å². The third-order valence-electron chi connectivity index (χ3n) is 0. The molecule has 0 amide bonds. The van der Waals surface area contributed by atoms with E-state index in [2.05, 4.69) is 0 Å². The summed E-state index contributed by atoms with van der Waals surface area (Å²) < 4.78 is 0. The Morgan fingerprint density at radius 1 is 1.40 bits per heavy atom. The normalized spacial score (nSPS) is 7.20. The minimum atomic E-state index is 0. The number of hydrogen-bond donors (Lipinski definition) is 0. The predicted octanol–water partition coefficient (Wildman–Crippen LogP) is 1.44. The van der Waals surface area contributed by atoms with Crippen molar-refractivity contribution in [2.45, 2.75) is 19.9 Å². The van der Waals surface area contributed by atoms with Crippen molar-refractivity contribution in [3.05, 3.63) is 5.73 Å². The molecule has 0 heterocycles. The van der Waals surface area contributed by atoms with Crippen LogP contribution in [-0.2, 0) is 18.6 Å². The van der Waals surface area contributed by atoms with E-state index in [1.807, 2.05) is 13.8 Å². The van der Waals surface area contributed by atoms with Crippen LogP contribution in [0.3, 0.4) is 0 Å². The molecule has 0 unspecified atom stereocenters. The second-order valence-corrected chi connectivity index (χ2v) is 1.15. The Labute approximate surface area is 44.8 Å². The molecule has 31 valence electrons. The summed E-state index contributed by atoms with van der Waals surface area (Å²) in [7, 11) is 0. The van der Waals surface area contributed by atoms with E-state index < -0.39 is 0 Å². The molecule has 5 heavy (non-hydrogen) atoms. The molecule has 0 aliphatic rings. The molecule has 0 saturated heterocycles. The van der Waals surface area contributed by atoms with Gasteiger partial charge in [0.1, 0.15) is 0 Å². The van der Waals surface area contributed by atoms with Gasteiger partial charge in [0, 0.05) is 18.6 Å². The third kappa shape index (κ3) is 99.3. The maximum Gasteiger partial charge on any atom is 0 e. The molecule has 0 rings (SSSR count). The van der Waals surface area contributed by atoms with Crippen LogP contribution in [0.2, 0.25) is 0 Å². The summed E-state index contributed by atoms with van der Waals surface area (Å²) in [5.74, 6) is 0. The van der Waals surface area contributed by atoms with Gasteiger partial charge in [0.15, 0.2) is 0 Å². The minimum Gasteiger partial charge on any atom is -0.675 e. The van der Waals surface area contributed by atoms with Crippen molar-refractivity contribution in [1.82, 2.24) is 0 Å². The standard InChI is InChI=1S/C3H8N.V/c1-3(2)4;/h3-4H,1-2H3;/q-1;. The van der Waals surface area contributed by atoms with Crippen molar-refractivity contribution in [3.8, 4) is 0 Å². The average Bonchev–Trinajstić information content (AvgIpc) is 0.811. The maximum absolute atomic E-state index is 6.58. The van der Waals surface area contributed by atoms with Crippen LogP contribution in [0.25, 0.3) is 5.73 Å². The Morgan fingerprint density at radius 3 is 1.40 bits per heavy atom. The van der Waals surface area contributed by atoms with E-state index in [1.54, 1.807) is 0 Å². The zero-order valence-corrected chi connectivity index (χ0v) is 4.92. The molecule has 1 radical (unpaired) electrons. The molecule has 0 bridgehead atoms. The van der Waals surface area contributed by atoms with E-state index in [4.69, 9.17) is 5.73 Å². The van der Waals surface area contributed by atoms with E-state index in [1.165, 1.54) is 0 Å².